The van der Waals surface area contributed by atoms with E-state index in [9.17, 15) is 0 Å². The van der Waals surface area contributed by atoms with Crippen molar-refractivity contribution in [2.24, 2.45) is 5.92 Å². The van der Waals surface area contributed by atoms with Crippen molar-refractivity contribution < 1.29 is 9.47 Å². The van der Waals surface area contributed by atoms with E-state index < -0.39 is 0 Å². The molecule has 0 bridgehead atoms. The van der Waals surface area contributed by atoms with Gasteiger partial charge in [-0.25, -0.2) is 0 Å². The Balaban J connectivity index is 1.52. The first kappa shape index (κ1) is 16.8. The summed E-state index contributed by atoms with van der Waals surface area (Å²) in [4.78, 5) is 2.51. The predicted octanol–water partition coefficient (Wildman–Crippen LogP) is 3.86. The molecule has 0 unspecified atom stereocenters. The highest BCUT2D eigenvalue weighted by atomic mass is 16.5. The van der Waals surface area contributed by atoms with Crippen LogP contribution in [0.3, 0.4) is 0 Å². The van der Waals surface area contributed by atoms with E-state index in [1.165, 1.54) is 36.9 Å². The molecule has 2 fully saturated rings. The highest BCUT2D eigenvalue weighted by Crippen LogP contribution is 2.32. The van der Waals surface area contributed by atoms with Crippen LogP contribution in [0.5, 0.6) is 5.75 Å². The van der Waals surface area contributed by atoms with Crippen molar-refractivity contribution in [2.75, 3.05) is 39.5 Å². The van der Waals surface area contributed by atoms with E-state index in [1.54, 1.807) is 0 Å². The van der Waals surface area contributed by atoms with Gasteiger partial charge in [-0.2, -0.15) is 0 Å². The maximum atomic E-state index is 6.05. The molecule has 0 radical (unpaired) electrons. The zero-order valence-corrected chi connectivity index (χ0v) is 14.7. The quantitative estimate of drug-likeness (QED) is 0.726. The molecule has 1 aliphatic carbocycles. The largest absolute Gasteiger partial charge is 0.493 e. The lowest BCUT2D eigenvalue weighted by Crippen LogP contribution is -2.36. The number of aryl methyl sites for hydroxylation is 1. The van der Waals surface area contributed by atoms with Gasteiger partial charge < -0.3 is 9.47 Å². The van der Waals surface area contributed by atoms with Crippen LogP contribution in [0.15, 0.2) is 18.2 Å². The van der Waals surface area contributed by atoms with Crippen LogP contribution in [-0.4, -0.2) is 44.4 Å². The number of nitrogens with zero attached hydrogens (tertiary/aromatic N) is 1. The van der Waals surface area contributed by atoms with Crippen LogP contribution in [-0.2, 0) is 11.2 Å². The summed E-state index contributed by atoms with van der Waals surface area (Å²) in [6, 6.07) is 6.82. The molecule has 1 aromatic rings. The first-order valence-electron chi connectivity index (χ1n) is 9.28. The number of morpholine rings is 1. The second-order valence-electron chi connectivity index (χ2n) is 7.34. The predicted molar refractivity (Wildman–Crippen MR) is 94.3 cm³/mol. The van der Waals surface area contributed by atoms with Gasteiger partial charge in [0.05, 0.1) is 19.8 Å². The summed E-state index contributed by atoms with van der Waals surface area (Å²) < 4.78 is 11.5. The van der Waals surface area contributed by atoms with Gasteiger partial charge >= 0.3 is 0 Å². The van der Waals surface area contributed by atoms with Gasteiger partial charge in [0.1, 0.15) is 5.75 Å². The van der Waals surface area contributed by atoms with Gasteiger partial charge in [0.25, 0.3) is 0 Å². The minimum absolute atomic E-state index is 0.517. The lowest BCUT2D eigenvalue weighted by Gasteiger charge is -2.26. The highest BCUT2D eigenvalue weighted by molar-refractivity contribution is 5.39. The second-order valence-corrected chi connectivity index (χ2v) is 7.34. The summed E-state index contributed by atoms with van der Waals surface area (Å²) in [5.74, 6) is 2.43. The zero-order chi connectivity index (χ0) is 16.1. The van der Waals surface area contributed by atoms with Gasteiger partial charge in [-0.3, -0.25) is 4.90 Å². The van der Waals surface area contributed by atoms with Crippen LogP contribution < -0.4 is 4.74 Å². The van der Waals surface area contributed by atoms with Gasteiger partial charge in [-0.05, 0) is 61.3 Å². The van der Waals surface area contributed by atoms with Crippen molar-refractivity contribution in [3.05, 3.63) is 29.3 Å². The maximum Gasteiger partial charge on any atom is 0.122 e. The molecule has 3 rings (SSSR count). The third kappa shape index (κ3) is 5.22. The Morgan fingerprint density at radius 3 is 2.70 bits per heavy atom. The van der Waals surface area contributed by atoms with Gasteiger partial charge in [-0.1, -0.05) is 26.0 Å². The normalized spacial score (nSPS) is 19.3. The van der Waals surface area contributed by atoms with Gasteiger partial charge in [0, 0.05) is 13.1 Å². The van der Waals surface area contributed by atoms with E-state index in [1.807, 2.05) is 0 Å². The summed E-state index contributed by atoms with van der Waals surface area (Å²) >= 11 is 0. The fourth-order valence-corrected chi connectivity index (χ4v) is 3.16. The molecular formula is C20H31NO2. The fourth-order valence-electron chi connectivity index (χ4n) is 3.16. The average molecular weight is 317 g/mol. The molecule has 1 aromatic carbocycles. The molecule has 3 heteroatoms. The Morgan fingerprint density at radius 2 is 2.00 bits per heavy atom. The molecule has 0 atom stereocenters. The van der Waals surface area contributed by atoms with Crippen LogP contribution in [0.2, 0.25) is 0 Å². The summed E-state index contributed by atoms with van der Waals surface area (Å²) in [6.45, 7) is 10.6. The fraction of sp³-hybridized carbons (Fsp3) is 0.700. The molecule has 128 valence electrons. The van der Waals surface area contributed by atoms with E-state index in [4.69, 9.17) is 9.47 Å². The van der Waals surface area contributed by atoms with Crippen LogP contribution in [0.1, 0.15) is 50.2 Å². The van der Waals surface area contributed by atoms with Crippen LogP contribution in [0, 0.1) is 5.92 Å². The Hall–Kier alpha value is -1.06. The van der Waals surface area contributed by atoms with Crippen LogP contribution in [0.4, 0.5) is 0 Å². The first-order valence-corrected chi connectivity index (χ1v) is 9.28. The van der Waals surface area contributed by atoms with Gasteiger partial charge in [-0.15, -0.1) is 0 Å². The average Bonchev–Trinajstić information content (AvgIpc) is 3.39. The monoisotopic (exact) mass is 317 g/mol. The Labute approximate surface area is 141 Å². The molecular weight excluding hydrogens is 286 g/mol. The summed E-state index contributed by atoms with van der Waals surface area (Å²) in [5.41, 5.74) is 2.82. The van der Waals surface area contributed by atoms with Gasteiger partial charge in [0.15, 0.2) is 0 Å². The summed E-state index contributed by atoms with van der Waals surface area (Å²) in [7, 11) is 0. The standard InChI is InChI=1S/C20H31NO2/c1-16(2)19-14-17(4-3-9-21-10-12-22-13-11-21)7-8-20(19)23-15-18-5-6-18/h7-8,14,16,18H,3-6,9-13,15H2,1-2H3. The lowest BCUT2D eigenvalue weighted by molar-refractivity contribution is 0.0374. The number of hydrogen-bond acceptors (Lipinski definition) is 3. The van der Waals surface area contributed by atoms with Crippen molar-refractivity contribution in [2.45, 2.75) is 45.4 Å². The minimum Gasteiger partial charge on any atom is -0.493 e. The number of benzene rings is 1. The molecule has 1 heterocycles. The van der Waals surface area contributed by atoms with Crippen molar-refractivity contribution in [3.63, 3.8) is 0 Å². The molecule has 0 N–H and O–H groups in total. The van der Waals surface area contributed by atoms with E-state index in [0.717, 1.165) is 51.0 Å². The minimum atomic E-state index is 0.517. The third-order valence-electron chi connectivity index (χ3n) is 4.91. The van der Waals surface area contributed by atoms with E-state index in [0.29, 0.717) is 5.92 Å². The van der Waals surface area contributed by atoms with Crippen molar-refractivity contribution in [1.29, 1.82) is 0 Å². The highest BCUT2D eigenvalue weighted by Gasteiger charge is 2.22. The van der Waals surface area contributed by atoms with Crippen molar-refractivity contribution in [1.82, 2.24) is 4.90 Å². The Bertz CT molecular complexity index is 490. The van der Waals surface area contributed by atoms with Crippen LogP contribution in [0.25, 0.3) is 0 Å². The van der Waals surface area contributed by atoms with Crippen molar-refractivity contribution in [3.8, 4) is 5.75 Å². The first-order chi connectivity index (χ1) is 11.2. The molecule has 0 aromatic heterocycles. The molecule has 1 aliphatic heterocycles. The number of ether oxygens (including phenoxy) is 2. The lowest BCUT2D eigenvalue weighted by atomic mass is 9.97. The smallest absolute Gasteiger partial charge is 0.122 e. The molecule has 0 spiro atoms. The summed E-state index contributed by atoms with van der Waals surface area (Å²) in [6.07, 6.45) is 5.06. The molecule has 0 amide bonds. The van der Waals surface area contributed by atoms with Gasteiger partial charge in [0.2, 0.25) is 0 Å². The van der Waals surface area contributed by atoms with E-state index in [2.05, 4.69) is 36.9 Å². The molecule has 3 nitrogen and oxygen atoms in total. The van der Waals surface area contributed by atoms with Crippen LogP contribution >= 0.6 is 0 Å². The van der Waals surface area contributed by atoms with E-state index >= 15 is 0 Å². The molecule has 1 saturated heterocycles. The molecule has 1 saturated carbocycles. The number of hydrogen-bond donors (Lipinski definition) is 0. The SMILES string of the molecule is CC(C)c1cc(CCCN2CCOCC2)ccc1OCC1CC1. The number of rotatable bonds is 8. The zero-order valence-electron chi connectivity index (χ0n) is 14.7. The van der Waals surface area contributed by atoms with Crippen molar-refractivity contribution >= 4 is 0 Å². The Kier molecular flexibility index (Phi) is 5.96. The second kappa shape index (κ2) is 8.16. The Morgan fingerprint density at radius 1 is 1.22 bits per heavy atom. The summed E-state index contributed by atoms with van der Waals surface area (Å²) in [5, 5.41) is 0. The maximum absolute atomic E-state index is 6.05. The topological polar surface area (TPSA) is 21.7 Å². The van der Waals surface area contributed by atoms with E-state index in [-0.39, 0.29) is 0 Å². The molecule has 23 heavy (non-hydrogen) atoms. The third-order valence-corrected chi connectivity index (χ3v) is 4.91. The molecule has 2 aliphatic rings.